The Morgan fingerprint density at radius 3 is 1.71 bits per heavy atom. The standard InChI is InChI=1S/C56H34N2S/c1-2-12-38-29-44(23-19-35(38)9-1)58-51-27-22-42(34-54(51)59-55-33-40-14-4-3-13-39(40)32-53(55)58)41-21-26-50-49(31-41)56-48-16-8-6-11-37(48)20-28-52(56)57(50)45-24-25-47-43(30-45)18-17-36-10-5-7-15-46(36)47/h1-34H. The molecule has 0 spiro atoms. The Balaban J connectivity index is 0.996. The van der Waals surface area contributed by atoms with E-state index >= 15 is 0 Å². The molecule has 0 amide bonds. The van der Waals surface area contributed by atoms with Gasteiger partial charge in [0.05, 0.1) is 22.4 Å². The molecular weight excluding hydrogens is 733 g/mol. The first kappa shape index (κ1) is 32.7. The molecule has 0 saturated heterocycles. The maximum absolute atomic E-state index is 2.46. The Morgan fingerprint density at radius 2 is 0.864 bits per heavy atom. The van der Waals surface area contributed by atoms with Gasteiger partial charge in [-0.15, -0.1) is 0 Å². The first-order valence-corrected chi connectivity index (χ1v) is 21.1. The number of hydrogen-bond donors (Lipinski definition) is 0. The third-order valence-electron chi connectivity index (χ3n) is 12.5. The Hall–Kier alpha value is -7.33. The van der Waals surface area contributed by atoms with Gasteiger partial charge in [0.25, 0.3) is 0 Å². The molecule has 1 aliphatic heterocycles. The van der Waals surface area contributed by atoms with Crippen LogP contribution in [0.4, 0.5) is 17.1 Å². The molecule has 0 aliphatic carbocycles. The van der Waals surface area contributed by atoms with Crippen molar-refractivity contribution in [1.29, 1.82) is 0 Å². The van der Waals surface area contributed by atoms with E-state index in [-0.39, 0.29) is 0 Å². The van der Waals surface area contributed by atoms with Gasteiger partial charge in [-0.05, 0) is 132 Å². The van der Waals surface area contributed by atoms with Crippen LogP contribution in [-0.4, -0.2) is 4.57 Å². The number of benzene rings is 11. The average molecular weight is 767 g/mol. The minimum absolute atomic E-state index is 1.16. The predicted octanol–water partition coefficient (Wildman–Crippen LogP) is 16.2. The average Bonchev–Trinajstić information content (AvgIpc) is 3.63. The highest BCUT2D eigenvalue weighted by Gasteiger charge is 2.27. The summed E-state index contributed by atoms with van der Waals surface area (Å²) in [4.78, 5) is 4.96. The Kier molecular flexibility index (Phi) is 6.98. The minimum Gasteiger partial charge on any atom is -0.309 e. The molecule has 11 aromatic carbocycles. The number of aromatic nitrogens is 1. The fourth-order valence-corrected chi connectivity index (χ4v) is 10.8. The second-order valence-electron chi connectivity index (χ2n) is 15.8. The van der Waals surface area contributed by atoms with Crippen molar-refractivity contribution in [3.63, 3.8) is 0 Å². The molecule has 2 heterocycles. The summed E-state index contributed by atoms with van der Waals surface area (Å²) in [5.74, 6) is 0. The van der Waals surface area contributed by atoms with Crippen LogP contribution in [-0.2, 0) is 0 Å². The van der Waals surface area contributed by atoms with Gasteiger partial charge in [0, 0.05) is 31.9 Å². The fourth-order valence-electron chi connectivity index (χ4n) is 9.65. The van der Waals surface area contributed by atoms with Crippen LogP contribution in [0.5, 0.6) is 0 Å². The zero-order chi connectivity index (χ0) is 38.6. The Morgan fingerprint density at radius 1 is 0.305 bits per heavy atom. The second-order valence-corrected chi connectivity index (χ2v) is 16.8. The molecule has 0 unspecified atom stereocenters. The smallest absolute Gasteiger partial charge is 0.0608 e. The summed E-state index contributed by atoms with van der Waals surface area (Å²) in [5, 5.41) is 15.1. The molecule has 0 bridgehead atoms. The van der Waals surface area contributed by atoms with Gasteiger partial charge in [-0.1, -0.05) is 151 Å². The number of anilines is 3. The van der Waals surface area contributed by atoms with Crippen LogP contribution in [0.25, 0.3) is 92.5 Å². The molecule has 12 aromatic rings. The van der Waals surface area contributed by atoms with Gasteiger partial charge in [0.2, 0.25) is 0 Å². The van der Waals surface area contributed by atoms with Gasteiger partial charge in [0.15, 0.2) is 0 Å². The first-order chi connectivity index (χ1) is 29.2. The number of fused-ring (bicyclic) bond motifs is 12. The van der Waals surface area contributed by atoms with E-state index in [1.54, 1.807) is 0 Å². The zero-order valence-corrected chi connectivity index (χ0v) is 32.7. The van der Waals surface area contributed by atoms with E-state index in [2.05, 4.69) is 216 Å². The van der Waals surface area contributed by atoms with Gasteiger partial charge < -0.3 is 9.47 Å². The van der Waals surface area contributed by atoms with Crippen LogP contribution < -0.4 is 4.90 Å². The summed E-state index contributed by atoms with van der Waals surface area (Å²) >= 11 is 1.87. The van der Waals surface area contributed by atoms with Crippen LogP contribution in [0.2, 0.25) is 0 Å². The lowest BCUT2D eigenvalue weighted by atomic mass is 9.99. The molecule has 1 aliphatic rings. The van der Waals surface area contributed by atoms with Crippen molar-refractivity contribution in [3.05, 3.63) is 206 Å². The van der Waals surface area contributed by atoms with Crippen LogP contribution in [0, 0.1) is 0 Å². The third kappa shape index (κ3) is 5.02. The molecule has 0 saturated carbocycles. The van der Waals surface area contributed by atoms with Crippen molar-refractivity contribution in [1.82, 2.24) is 4.57 Å². The number of rotatable bonds is 3. The summed E-state index contributed by atoms with van der Waals surface area (Å²) in [5.41, 5.74) is 9.58. The van der Waals surface area contributed by atoms with E-state index < -0.39 is 0 Å². The van der Waals surface area contributed by atoms with E-state index in [4.69, 9.17) is 0 Å². The highest BCUT2D eigenvalue weighted by molar-refractivity contribution is 7.99. The summed E-state index contributed by atoms with van der Waals surface area (Å²) in [7, 11) is 0. The summed E-state index contributed by atoms with van der Waals surface area (Å²) in [6.07, 6.45) is 0. The molecule has 1 aromatic heterocycles. The molecule has 0 fully saturated rings. The predicted molar refractivity (Wildman–Crippen MR) is 253 cm³/mol. The molecule has 2 nitrogen and oxygen atoms in total. The summed E-state index contributed by atoms with van der Waals surface area (Å²) in [6, 6.07) is 76.5. The molecule has 59 heavy (non-hydrogen) atoms. The number of nitrogens with zero attached hydrogens (tertiary/aromatic N) is 2. The summed E-state index contributed by atoms with van der Waals surface area (Å²) in [6.45, 7) is 0. The Labute approximate surface area is 345 Å². The monoisotopic (exact) mass is 766 g/mol. The summed E-state index contributed by atoms with van der Waals surface area (Å²) < 4.78 is 2.46. The van der Waals surface area contributed by atoms with E-state index in [0.717, 1.165) is 5.69 Å². The van der Waals surface area contributed by atoms with Crippen LogP contribution in [0.15, 0.2) is 216 Å². The molecule has 0 atom stereocenters. The lowest BCUT2D eigenvalue weighted by molar-refractivity contribution is 1.18. The van der Waals surface area contributed by atoms with Crippen LogP contribution in [0.3, 0.4) is 0 Å². The molecule has 13 rings (SSSR count). The van der Waals surface area contributed by atoms with Gasteiger partial charge in [-0.25, -0.2) is 0 Å². The minimum atomic E-state index is 1.16. The van der Waals surface area contributed by atoms with E-state index in [1.165, 1.54) is 114 Å². The zero-order valence-electron chi connectivity index (χ0n) is 31.9. The third-order valence-corrected chi connectivity index (χ3v) is 13.5. The lowest BCUT2D eigenvalue weighted by Gasteiger charge is -2.33. The van der Waals surface area contributed by atoms with Crippen molar-refractivity contribution in [2.24, 2.45) is 0 Å². The molecule has 3 heteroatoms. The van der Waals surface area contributed by atoms with Gasteiger partial charge in [0.1, 0.15) is 0 Å². The Bertz CT molecular complexity index is 3730. The van der Waals surface area contributed by atoms with Gasteiger partial charge >= 0.3 is 0 Å². The van der Waals surface area contributed by atoms with Gasteiger partial charge in [-0.3, -0.25) is 0 Å². The highest BCUT2D eigenvalue weighted by Crippen LogP contribution is 2.54. The van der Waals surface area contributed by atoms with Crippen LogP contribution in [0.1, 0.15) is 0 Å². The van der Waals surface area contributed by atoms with Gasteiger partial charge in [-0.2, -0.15) is 0 Å². The molecule has 0 radical (unpaired) electrons. The molecular formula is C56H34N2S. The van der Waals surface area contributed by atoms with E-state index in [9.17, 15) is 0 Å². The van der Waals surface area contributed by atoms with Crippen molar-refractivity contribution >= 4 is 104 Å². The van der Waals surface area contributed by atoms with Crippen molar-refractivity contribution in [2.75, 3.05) is 4.90 Å². The highest BCUT2D eigenvalue weighted by atomic mass is 32.2. The molecule has 274 valence electrons. The lowest BCUT2D eigenvalue weighted by Crippen LogP contribution is -2.15. The van der Waals surface area contributed by atoms with E-state index in [1.807, 2.05) is 11.8 Å². The topological polar surface area (TPSA) is 8.17 Å². The van der Waals surface area contributed by atoms with Crippen molar-refractivity contribution < 1.29 is 0 Å². The van der Waals surface area contributed by atoms with Crippen LogP contribution >= 0.6 is 11.8 Å². The maximum atomic E-state index is 2.46. The second kappa shape index (κ2) is 12.6. The molecule has 0 N–H and O–H groups in total. The number of hydrogen-bond acceptors (Lipinski definition) is 2. The fraction of sp³-hybridized carbons (Fsp3) is 0. The first-order valence-electron chi connectivity index (χ1n) is 20.2. The van der Waals surface area contributed by atoms with Crippen molar-refractivity contribution in [2.45, 2.75) is 9.79 Å². The SMILES string of the molecule is c1ccc2cc(N3c4ccc(-c5ccc6c(c5)c5c7ccccc7ccc5n6-c5ccc6c(ccc7ccccc76)c5)cc4Sc4cc5ccccc5cc43)ccc2c1. The van der Waals surface area contributed by atoms with E-state index in [0.29, 0.717) is 0 Å². The normalized spacial score (nSPS) is 12.6. The van der Waals surface area contributed by atoms with Crippen molar-refractivity contribution in [3.8, 4) is 16.8 Å². The quantitative estimate of drug-likeness (QED) is 0.166. The largest absolute Gasteiger partial charge is 0.309 e. The maximum Gasteiger partial charge on any atom is 0.0608 e.